The van der Waals surface area contributed by atoms with E-state index in [-0.39, 0.29) is 6.03 Å². The first-order chi connectivity index (χ1) is 12.1. The summed E-state index contributed by atoms with van der Waals surface area (Å²) in [5, 5.41) is 6.57. The third kappa shape index (κ3) is 3.14. The summed E-state index contributed by atoms with van der Waals surface area (Å²) in [5.74, 6) is 4.12. The maximum atomic E-state index is 12.6. The predicted octanol–water partition coefficient (Wildman–Crippen LogP) is 4.30. The van der Waals surface area contributed by atoms with E-state index in [2.05, 4.69) is 10.6 Å². The van der Waals surface area contributed by atoms with E-state index in [4.69, 9.17) is 21.1 Å². The first kappa shape index (κ1) is 16.8. The monoisotopic (exact) mass is 364 g/mol. The number of methoxy groups -OCH3 is 2. The summed E-state index contributed by atoms with van der Waals surface area (Å²) in [4.78, 5) is 12.6. The SMILES string of the molecule is COc1cc(OC)c(NC(=O)NC2C3CC4CC(C3)CC2C4)cc1Cl. The van der Waals surface area contributed by atoms with Gasteiger partial charge in [-0.25, -0.2) is 4.79 Å². The number of nitrogens with one attached hydrogen (secondary N) is 2. The topological polar surface area (TPSA) is 59.6 Å². The zero-order chi connectivity index (χ0) is 17.6. The van der Waals surface area contributed by atoms with Gasteiger partial charge in [0, 0.05) is 12.1 Å². The molecular weight excluding hydrogens is 340 g/mol. The normalized spacial score (nSPS) is 32.4. The van der Waals surface area contributed by atoms with Crippen molar-refractivity contribution < 1.29 is 14.3 Å². The summed E-state index contributed by atoms with van der Waals surface area (Å²) in [7, 11) is 3.11. The molecule has 25 heavy (non-hydrogen) atoms. The second-order valence-corrected chi connectivity index (χ2v) is 8.15. The van der Waals surface area contributed by atoms with Crippen LogP contribution < -0.4 is 20.1 Å². The fourth-order valence-corrected chi connectivity index (χ4v) is 5.67. The third-order valence-electron chi connectivity index (χ3n) is 6.25. The van der Waals surface area contributed by atoms with E-state index in [1.54, 1.807) is 26.4 Å². The number of carbonyl (C=O) groups excluding carboxylic acids is 1. The highest BCUT2D eigenvalue weighted by Crippen LogP contribution is 2.53. The van der Waals surface area contributed by atoms with Crippen molar-refractivity contribution in [2.75, 3.05) is 19.5 Å². The number of halogens is 1. The van der Waals surface area contributed by atoms with Gasteiger partial charge in [0.25, 0.3) is 0 Å². The minimum atomic E-state index is -0.183. The van der Waals surface area contributed by atoms with Gasteiger partial charge in [-0.2, -0.15) is 0 Å². The van der Waals surface area contributed by atoms with Crippen LogP contribution in [0, 0.1) is 23.7 Å². The lowest BCUT2D eigenvalue weighted by Crippen LogP contribution is -2.56. The highest BCUT2D eigenvalue weighted by atomic mass is 35.5. The Labute approximate surface area is 153 Å². The average Bonchev–Trinajstić information content (AvgIpc) is 2.58. The van der Waals surface area contributed by atoms with Crippen LogP contribution >= 0.6 is 11.6 Å². The molecule has 4 aliphatic rings. The molecule has 0 atom stereocenters. The number of urea groups is 1. The van der Waals surface area contributed by atoms with Crippen LogP contribution in [0.25, 0.3) is 0 Å². The van der Waals surface area contributed by atoms with Crippen LogP contribution in [0.3, 0.4) is 0 Å². The highest BCUT2D eigenvalue weighted by Gasteiger charge is 2.48. The maximum absolute atomic E-state index is 12.6. The molecular formula is C19H25ClN2O3. The molecule has 4 fully saturated rings. The fourth-order valence-electron chi connectivity index (χ4n) is 5.43. The molecule has 4 saturated carbocycles. The number of hydrogen-bond donors (Lipinski definition) is 2. The summed E-state index contributed by atoms with van der Waals surface area (Å²) < 4.78 is 10.5. The Bertz CT molecular complexity index is 651. The number of carbonyl (C=O) groups is 1. The van der Waals surface area contributed by atoms with E-state index in [9.17, 15) is 4.79 Å². The molecule has 5 nitrogen and oxygen atoms in total. The van der Waals surface area contributed by atoms with Crippen LogP contribution in [0.2, 0.25) is 5.02 Å². The van der Waals surface area contributed by atoms with Gasteiger partial charge < -0.3 is 20.1 Å². The van der Waals surface area contributed by atoms with Gasteiger partial charge in [-0.1, -0.05) is 11.6 Å². The molecule has 0 aromatic heterocycles. The standard InChI is InChI=1S/C19H25ClN2O3/c1-24-16-9-17(25-2)15(8-14(16)20)21-19(23)22-18-12-4-10-3-11(6-12)7-13(18)5-10/h8-13,18H,3-7H2,1-2H3,(H2,21,22,23). The van der Waals surface area contributed by atoms with E-state index >= 15 is 0 Å². The Kier molecular flexibility index (Phi) is 4.44. The lowest BCUT2D eigenvalue weighted by Gasteiger charge is -2.54. The van der Waals surface area contributed by atoms with Gasteiger partial charge in [-0.15, -0.1) is 0 Å². The molecule has 2 amide bonds. The predicted molar refractivity (Wildman–Crippen MR) is 97.5 cm³/mol. The molecule has 0 radical (unpaired) electrons. The van der Waals surface area contributed by atoms with Crippen LogP contribution in [-0.4, -0.2) is 26.3 Å². The Balaban J connectivity index is 1.45. The van der Waals surface area contributed by atoms with Gasteiger partial charge in [-0.3, -0.25) is 0 Å². The summed E-state index contributed by atoms with van der Waals surface area (Å²) in [5.41, 5.74) is 0.551. The number of hydrogen-bond acceptors (Lipinski definition) is 3. The van der Waals surface area contributed by atoms with E-state index < -0.39 is 0 Å². The Morgan fingerprint density at radius 2 is 1.60 bits per heavy atom. The lowest BCUT2D eigenvalue weighted by atomic mass is 9.54. The van der Waals surface area contributed by atoms with Crippen LogP contribution in [0.4, 0.5) is 10.5 Å². The molecule has 0 unspecified atom stereocenters. The summed E-state index contributed by atoms with van der Waals surface area (Å²) in [6.45, 7) is 0. The Morgan fingerprint density at radius 3 is 2.16 bits per heavy atom. The van der Waals surface area contributed by atoms with Gasteiger partial charge in [0.1, 0.15) is 11.5 Å². The van der Waals surface area contributed by atoms with Gasteiger partial charge in [0.05, 0.1) is 24.9 Å². The summed E-state index contributed by atoms with van der Waals surface area (Å²) >= 11 is 6.18. The second-order valence-electron chi connectivity index (χ2n) is 7.74. The number of rotatable bonds is 4. The fraction of sp³-hybridized carbons (Fsp3) is 0.632. The van der Waals surface area contributed by atoms with Crippen LogP contribution in [0.5, 0.6) is 11.5 Å². The van der Waals surface area contributed by atoms with Crippen molar-refractivity contribution in [2.24, 2.45) is 23.7 Å². The van der Waals surface area contributed by atoms with Crippen LogP contribution in [0.15, 0.2) is 12.1 Å². The van der Waals surface area contributed by atoms with E-state index in [0.717, 1.165) is 11.8 Å². The molecule has 6 heteroatoms. The molecule has 0 heterocycles. The van der Waals surface area contributed by atoms with Crippen molar-refractivity contribution in [3.8, 4) is 11.5 Å². The van der Waals surface area contributed by atoms with Gasteiger partial charge in [0.15, 0.2) is 0 Å². The van der Waals surface area contributed by atoms with E-state index in [1.807, 2.05) is 0 Å². The zero-order valence-electron chi connectivity index (χ0n) is 14.7. The number of benzene rings is 1. The lowest BCUT2D eigenvalue weighted by molar-refractivity contribution is -0.00883. The largest absolute Gasteiger partial charge is 0.495 e. The molecule has 0 aliphatic heterocycles. The highest BCUT2D eigenvalue weighted by molar-refractivity contribution is 6.32. The molecule has 4 aliphatic carbocycles. The summed E-state index contributed by atoms with van der Waals surface area (Å²) in [6, 6.07) is 3.46. The van der Waals surface area contributed by atoms with Crippen molar-refractivity contribution in [1.82, 2.24) is 5.32 Å². The van der Waals surface area contributed by atoms with Gasteiger partial charge in [0.2, 0.25) is 0 Å². The van der Waals surface area contributed by atoms with Crippen LogP contribution in [-0.2, 0) is 0 Å². The van der Waals surface area contributed by atoms with E-state index in [0.29, 0.717) is 40.1 Å². The van der Waals surface area contributed by atoms with Crippen LogP contribution in [0.1, 0.15) is 32.1 Å². The van der Waals surface area contributed by atoms with Crippen molar-refractivity contribution in [3.63, 3.8) is 0 Å². The minimum Gasteiger partial charge on any atom is -0.495 e. The first-order valence-corrected chi connectivity index (χ1v) is 9.44. The van der Waals surface area contributed by atoms with Crippen molar-refractivity contribution >= 4 is 23.3 Å². The van der Waals surface area contributed by atoms with Gasteiger partial charge in [-0.05, 0) is 61.8 Å². The Hall–Kier alpha value is -1.62. The molecule has 4 bridgehead atoms. The minimum absolute atomic E-state index is 0.183. The molecule has 5 rings (SSSR count). The molecule has 0 spiro atoms. The van der Waals surface area contributed by atoms with E-state index in [1.165, 1.54) is 32.1 Å². The van der Waals surface area contributed by atoms with Crippen molar-refractivity contribution in [2.45, 2.75) is 38.1 Å². The maximum Gasteiger partial charge on any atom is 0.319 e. The number of anilines is 1. The van der Waals surface area contributed by atoms with Crippen molar-refractivity contribution in [3.05, 3.63) is 17.2 Å². The van der Waals surface area contributed by atoms with Crippen molar-refractivity contribution in [1.29, 1.82) is 0 Å². The number of amides is 2. The molecule has 1 aromatic carbocycles. The number of ether oxygens (including phenoxy) is 2. The molecule has 136 valence electrons. The molecule has 2 N–H and O–H groups in total. The molecule has 1 aromatic rings. The molecule has 0 saturated heterocycles. The Morgan fingerprint density at radius 1 is 1.00 bits per heavy atom. The second kappa shape index (κ2) is 6.60. The van der Waals surface area contributed by atoms with Gasteiger partial charge >= 0.3 is 6.03 Å². The first-order valence-electron chi connectivity index (χ1n) is 9.06. The third-order valence-corrected chi connectivity index (χ3v) is 6.54. The zero-order valence-corrected chi connectivity index (χ0v) is 15.4. The summed E-state index contributed by atoms with van der Waals surface area (Å²) in [6.07, 6.45) is 6.50. The average molecular weight is 365 g/mol. The smallest absolute Gasteiger partial charge is 0.319 e. The quantitative estimate of drug-likeness (QED) is 0.837.